The van der Waals surface area contributed by atoms with Gasteiger partial charge in [-0.2, -0.15) is 0 Å². The lowest BCUT2D eigenvalue weighted by atomic mass is 9.96. The first kappa shape index (κ1) is 78.7. The molecule has 0 bridgehead atoms. The lowest BCUT2D eigenvalue weighted by Gasteiger charge is -2.48. The fourth-order valence-corrected chi connectivity index (χ4v) is 11.3. The van der Waals surface area contributed by atoms with Gasteiger partial charge in [-0.1, -0.05) is 229 Å². The summed E-state index contributed by atoms with van der Waals surface area (Å²) >= 11 is 0. The first-order valence-electron chi connectivity index (χ1n) is 34.0. The molecule has 0 aromatic carbocycles. The Morgan fingerprint density at radius 1 is 0.425 bits per heavy atom. The number of rotatable bonds is 51. The third kappa shape index (κ3) is 32.6. The van der Waals surface area contributed by atoms with E-state index >= 15 is 0 Å². The van der Waals surface area contributed by atoms with Crippen molar-refractivity contribution in [3.05, 3.63) is 60.8 Å². The van der Waals surface area contributed by atoms with Crippen molar-refractivity contribution in [2.24, 2.45) is 0 Å². The van der Waals surface area contributed by atoms with Crippen molar-refractivity contribution in [2.75, 3.05) is 26.4 Å². The highest BCUT2D eigenvalue weighted by Crippen LogP contribution is 2.33. The summed E-state index contributed by atoms with van der Waals surface area (Å²) in [4.78, 5) is 13.4. The molecule has 3 heterocycles. The summed E-state index contributed by atoms with van der Waals surface area (Å²) in [5.41, 5.74) is 0. The zero-order chi connectivity index (χ0) is 63.3. The van der Waals surface area contributed by atoms with Crippen LogP contribution in [-0.2, 0) is 33.2 Å². The molecule has 3 aliphatic heterocycles. The average molecular weight is 1240 g/mol. The van der Waals surface area contributed by atoms with Crippen molar-refractivity contribution in [1.82, 2.24) is 5.32 Å². The highest BCUT2D eigenvalue weighted by molar-refractivity contribution is 5.76. The van der Waals surface area contributed by atoms with E-state index in [4.69, 9.17) is 28.4 Å². The number of aliphatic hydroxyl groups is 11. The highest BCUT2D eigenvalue weighted by Gasteiger charge is 2.53. The van der Waals surface area contributed by atoms with Gasteiger partial charge >= 0.3 is 0 Å². The Bertz CT molecular complexity index is 1820. The summed E-state index contributed by atoms with van der Waals surface area (Å²) in [6, 6.07) is -0.976. The second-order valence-corrected chi connectivity index (χ2v) is 24.3. The predicted molar refractivity (Wildman–Crippen MR) is 337 cm³/mol. The summed E-state index contributed by atoms with van der Waals surface area (Å²) < 4.78 is 34.3. The van der Waals surface area contributed by atoms with Gasteiger partial charge in [-0.25, -0.2) is 0 Å². The van der Waals surface area contributed by atoms with Gasteiger partial charge in [0.1, 0.15) is 73.2 Å². The minimum atomic E-state index is -1.98. The molecule has 87 heavy (non-hydrogen) atoms. The third-order valence-corrected chi connectivity index (χ3v) is 16.8. The van der Waals surface area contributed by atoms with E-state index < -0.39 is 124 Å². The van der Waals surface area contributed by atoms with Crippen LogP contribution in [0.2, 0.25) is 0 Å². The largest absolute Gasteiger partial charge is 0.394 e. The molecule has 0 aromatic heterocycles. The van der Waals surface area contributed by atoms with E-state index in [-0.39, 0.29) is 18.9 Å². The molecule has 0 saturated carbocycles. The van der Waals surface area contributed by atoms with Gasteiger partial charge in [0.05, 0.1) is 38.6 Å². The molecule has 3 fully saturated rings. The van der Waals surface area contributed by atoms with Crippen molar-refractivity contribution in [1.29, 1.82) is 0 Å². The van der Waals surface area contributed by atoms with Gasteiger partial charge in [-0.3, -0.25) is 4.79 Å². The molecule has 19 nitrogen and oxygen atoms in total. The standard InChI is InChI=1S/C68H121NO18/c1-3-5-7-9-11-13-15-17-19-21-22-23-24-25-26-27-28-30-32-34-36-38-40-42-44-46-56(74)69-51(52(73)45-43-41-39-37-35-33-31-29-20-18-16-14-12-10-8-6-4-2)50-82-66-62(80)59(77)64(54(48-71)84-66)87-68-63(81)60(78)65(55(49-72)85-68)86-67-61(79)58(76)57(75)53(47-70)83-67/h5,7,11,13,17,19,22-23,43,45,51-55,57-68,70-73,75-81H,3-4,6,8-10,12,14-16,18,20-21,24-42,44,46-50H2,1-2H3,(H,69,74)/b7-5-,13-11-,19-17-,23-22-,45-43+. The normalized spacial score (nSPS) is 29.0. The van der Waals surface area contributed by atoms with E-state index in [9.17, 15) is 61.0 Å². The zero-order valence-electron chi connectivity index (χ0n) is 53.2. The van der Waals surface area contributed by atoms with Crippen LogP contribution >= 0.6 is 0 Å². The topological polar surface area (TPSA) is 307 Å². The molecule has 3 saturated heterocycles. The average Bonchev–Trinajstić information content (AvgIpc) is 1.15. The Labute approximate surface area is 522 Å². The fourth-order valence-electron chi connectivity index (χ4n) is 11.3. The summed E-state index contributed by atoms with van der Waals surface area (Å²) in [5, 5.41) is 120. The Morgan fingerprint density at radius 3 is 1.24 bits per heavy atom. The molecule has 17 atom stereocenters. The second kappa shape index (κ2) is 50.1. The number of ether oxygens (including phenoxy) is 6. The molecule has 3 aliphatic rings. The van der Waals surface area contributed by atoms with Crippen molar-refractivity contribution >= 4 is 5.91 Å². The number of aliphatic hydroxyl groups excluding tert-OH is 11. The minimum Gasteiger partial charge on any atom is -0.394 e. The molecule has 1 amide bonds. The Balaban J connectivity index is 1.44. The van der Waals surface area contributed by atoms with E-state index in [0.29, 0.717) is 6.42 Å². The van der Waals surface area contributed by atoms with Crippen molar-refractivity contribution in [3.63, 3.8) is 0 Å². The van der Waals surface area contributed by atoms with E-state index in [0.717, 1.165) is 77.0 Å². The van der Waals surface area contributed by atoms with Gasteiger partial charge in [0.25, 0.3) is 0 Å². The number of amides is 1. The summed E-state index contributed by atoms with van der Waals surface area (Å²) in [6.45, 7) is 1.62. The molecule has 19 heteroatoms. The van der Waals surface area contributed by atoms with Crippen LogP contribution in [0.3, 0.4) is 0 Å². The first-order valence-corrected chi connectivity index (χ1v) is 34.0. The quantitative estimate of drug-likeness (QED) is 0.0201. The van der Waals surface area contributed by atoms with Crippen LogP contribution in [0.1, 0.15) is 232 Å². The predicted octanol–water partition coefficient (Wildman–Crippen LogP) is 8.38. The third-order valence-electron chi connectivity index (χ3n) is 16.8. The van der Waals surface area contributed by atoms with Crippen LogP contribution < -0.4 is 5.32 Å². The van der Waals surface area contributed by atoms with Crippen LogP contribution in [0.4, 0.5) is 0 Å². The maximum Gasteiger partial charge on any atom is 0.220 e. The lowest BCUT2D eigenvalue weighted by Crippen LogP contribution is -2.66. The van der Waals surface area contributed by atoms with Crippen LogP contribution in [0.25, 0.3) is 0 Å². The molecule has 506 valence electrons. The number of unbranched alkanes of at least 4 members (excludes halogenated alkanes) is 27. The number of hydrogen-bond donors (Lipinski definition) is 12. The van der Waals surface area contributed by atoms with Gasteiger partial charge in [0.2, 0.25) is 5.91 Å². The minimum absolute atomic E-state index is 0.239. The molecule has 0 spiro atoms. The van der Waals surface area contributed by atoms with Crippen molar-refractivity contribution < 1.29 is 89.4 Å². The van der Waals surface area contributed by atoms with Gasteiger partial charge in [0, 0.05) is 6.42 Å². The van der Waals surface area contributed by atoms with Crippen LogP contribution in [-0.4, -0.2) is 193 Å². The smallest absolute Gasteiger partial charge is 0.220 e. The first-order chi connectivity index (χ1) is 42.3. The van der Waals surface area contributed by atoms with E-state index in [2.05, 4.69) is 67.8 Å². The summed E-state index contributed by atoms with van der Waals surface area (Å²) in [6.07, 6.45) is 33.3. The Morgan fingerprint density at radius 2 is 0.793 bits per heavy atom. The van der Waals surface area contributed by atoms with E-state index in [1.54, 1.807) is 6.08 Å². The number of carbonyl (C=O) groups excluding carboxylic acids is 1. The van der Waals surface area contributed by atoms with Crippen LogP contribution in [0, 0.1) is 0 Å². The van der Waals surface area contributed by atoms with Gasteiger partial charge < -0.3 is 89.9 Å². The van der Waals surface area contributed by atoms with E-state index in [1.165, 1.54) is 128 Å². The fraction of sp³-hybridized carbons (Fsp3) is 0.838. The number of hydrogen-bond acceptors (Lipinski definition) is 18. The molecule has 12 N–H and O–H groups in total. The van der Waals surface area contributed by atoms with Gasteiger partial charge in [-0.05, 0) is 57.8 Å². The maximum absolute atomic E-state index is 13.4. The molecule has 3 rings (SSSR count). The monoisotopic (exact) mass is 1240 g/mol. The van der Waals surface area contributed by atoms with Crippen molar-refractivity contribution in [2.45, 2.75) is 336 Å². The molecular weight excluding hydrogens is 1120 g/mol. The van der Waals surface area contributed by atoms with Crippen LogP contribution in [0.15, 0.2) is 60.8 Å². The zero-order valence-corrected chi connectivity index (χ0v) is 53.2. The molecule has 0 aliphatic carbocycles. The Kier molecular flexibility index (Phi) is 45.3. The molecular formula is C68H121NO18. The maximum atomic E-state index is 13.4. The molecule has 0 radical (unpaired) electrons. The number of carbonyl (C=O) groups is 1. The SMILES string of the molecule is CC/C=C\C/C=C\C/C=C\C/C=C\CCCCCCCCCCCCCCC(=O)NC(COC1OC(CO)C(OC2OC(CO)C(OC3OC(CO)C(O)C(O)C3O)C(O)C2O)C(O)C1O)C(O)/C=C/CCCCCCCCCCCCCCCCC. The summed E-state index contributed by atoms with van der Waals surface area (Å²) in [7, 11) is 0. The van der Waals surface area contributed by atoms with Gasteiger partial charge in [0.15, 0.2) is 18.9 Å². The van der Waals surface area contributed by atoms with E-state index in [1.807, 2.05) is 6.08 Å². The molecule has 17 unspecified atom stereocenters. The Hall–Kier alpha value is -2.51. The van der Waals surface area contributed by atoms with Crippen LogP contribution in [0.5, 0.6) is 0 Å². The van der Waals surface area contributed by atoms with Gasteiger partial charge in [-0.15, -0.1) is 0 Å². The molecule has 0 aromatic rings. The second-order valence-electron chi connectivity index (χ2n) is 24.3. The number of nitrogens with one attached hydrogen (secondary N) is 1. The lowest BCUT2D eigenvalue weighted by molar-refractivity contribution is -0.379. The highest BCUT2D eigenvalue weighted by atomic mass is 16.8. The van der Waals surface area contributed by atoms with Crippen molar-refractivity contribution in [3.8, 4) is 0 Å². The summed E-state index contributed by atoms with van der Waals surface area (Å²) in [5.74, 6) is -0.279. The number of allylic oxidation sites excluding steroid dienone is 9.